The van der Waals surface area contributed by atoms with Crippen molar-refractivity contribution in [1.82, 2.24) is 9.47 Å². The van der Waals surface area contributed by atoms with Crippen LogP contribution in [0.2, 0.25) is 0 Å². The Labute approximate surface area is 189 Å². The van der Waals surface area contributed by atoms with E-state index in [-0.39, 0.29) is 11.7 Å². The van der Waals surface area contributed by atoms with Crippen molar-refractivity contribution in [2.45, 2.75) is 18.8 Å². The molecule has 0 bridgehead atoms. The van der Waals surface area contributed by atoms with Gasteiger partial charge in [0.1, 0.15) is 17.5 Å². The fourth-order valence-electron chi connectivity index (χ4n) is 3.95. The number of alkyl halides is 3. The van der Waals surface area contributed by atoms with Crippen molar-refractivity contribution >= 4 is 23.0 Å². The molecule has 0 aliphatic carbocycles. The van der Waals surface area contributed by atoms with Crippen molar-refractivity contribution in [2.24, 2.45) is 0 Å². The zero-order valence-electron chi connectivity index (χ0n) is 17.5. The number of hydrogen-bond donors (Lipinski definition) is 1. The lowest BCUT2D eigenvalue weighted by molar-refractivity contribution is -0.137. The van der Waals surface area contributed by atoms with Crippen LogP contribution >= 0.6 is 12.2 Å². The molecule has 0 amide bonds. The minimum Gasteiger partial charge on any atom is -0.497 e. The molecule has 0 saturated heterocycles. The number of ether oxygens (including phenoxy) is 2. The molecule has 3 aromatic rings. The van der Waals surface area contributed by atoms with Crippen molar-refractivity contribution in [3.05, 3.63) is 77.6 Å². The lowest BCUT2D eigenvalue weighted by Gasteiger charge is -2.39. The predicted octanol–water partition coefficient (Wildman–Crippen LogP) is 5.33. The van der Waals surface area contributed by atoms with Crippen LogP contribution in [0.15, 0.2) is 60.8 Å². The van der Waals surface area contributed by atoms with Crippen LogP contribution < -0.4 is 14.8 Å². The van der Waals surface area contributed by atoms with Gasteiger partial charge in [-0.25, -0.2) is 0 Å². The second kappa shape index (κ2) is 8.74. The Morgan fingerprint density at radius 2 is 1.84 bits per heavy atom. The quantitative estimate of drug-likeness (QED) is 0.532. The molecule has 0 fully saturated rings. The molecular formula is C23H22F3N3O2S. The van der Waals surface area contributed by atoms with E-state index in [9.17, 15) is 13.2 Å². The summed E-state index contributed by atoms with van der Waals surface area (Å²) in [4.78, 5) is 1.96. The van der Waals surface area contributed by atoms with E-state index in [4.69, 9.17) is 21.7 Å². The molecule has 9 heteroatoms. The van der Waals surface area contributed by atoms with Crippen molar-refractivity contribution in [1.29, 1.82) is 0 Å². The van der Waals surface area contributed by atoms with Gasteiger partial charge in [-0.05, 0) is 60.7 Å². The summed E-state index contributed by atoms with van der Waals surface area (Å²) in [6.45, 7) is 1.26. The van der Waals surface area contributed by atoms with Gasteiger partial charge in [0, 0.05) is 36.2 Å². The van der Waals surface area contributed by atoms with Crippen LogP contribution in [0.4, 0.5) is 18.9 Å². The number of hydrogen-bond acceptors (Lipinski definition) is 3. The molecule has 5 nitrogen and oxygen atoms in total. The van der Waals surface area contributed by atoms with Gasteiger partial charge in [-0.15, -0.1) is 0 Å². The minimum atomic E-state index is -4.43. The molecule has 0 unspecified atom stereocenters. The van der Waals surface area contributed by atoms with Crippen LogP contribution in [0.25, 0.3) is 0 Å². The van der Waals surface area contributed by atoms with Gasteiger partial charge in [0.15, 0.2) is 5.11 Å². The summed E-state index contributed by atoms with van der Waals surface area (Å²) in [5.74, 6) is 1.33. The van der Waals surface area contributed by atoms with Gasteiger partial charge in [-0.1, -0.05) is 6.07 Å². The number of anilines is 1. The molecule has 2 aromatic carbocycles. The number of methoxy groups -OCH3 is 2. The first kappa shape index (κ1) is 22.0. The van der Waals surface area contributed by atoms with Crippen molar-refractivity contribution in [3.63, 3.8) is 0 Å². The van der Waals surface area contributed by atoms with E-state index in [0.717, 1.165) is 23.4 Å². The van der Waals surface area contributed by atoms with E-state index < -0.39 is 11.7 Å². The maximum absolute atomic E-state index is 13.1. The van der Waals surface area contributed by atoms with E-state index in [0.29, 0.717) is 29.7 Å². The number of nitrogens with one attached hydrogen (secondary N) is 1. The number of benzene rings is 2. The molecule has 1 aromatic heterocycles. The molecule has 2 heterocycles. The Morgan fingerprint density at radius 1 is 1.03 bits per heavy atom. The Hall–Kier alpha value is -3.20. The highest BCUT2D eigenvalue weighted by atomic mass is 32.1. The summed E-state index contributed by atoms with van der Waals surface area (Å²) in [6, 6.07) is 14.2. The Bertz CT molecular complexity index is 1130. The van der Waals surface area contributed by atoms with Crippen LogP contribution in [0.5, 0.6) is 11.5 Å². The molecule has 1 atom stereocenters. The first-order chi connectivity index (χ1) is 15.3. The lowest BCUT2D eigenvalue weighted by atomic mass is 9.98. The molecule has 1 aliphatic heterocycles. The van der Waals surface area contributed by atoms with Crippen LogP contribution in [-0.2, 0) is 12.7 Å². The van der Waals surface area contributed by atoms with E-state index >= 15 is 0 Å². The zero-order valence-corrected chi connectivity index (χ0v) is 18.3. The van der Waals surface area contributed by atoms with Gasteiger partial charge >= 0.3 is 6.18 Å². The van der Waals surface area contributed by atoms with Crippen LogP contribution in [0.3, 0.4) is 0 Å². The van der Waals surface area contributed by atoms with Gasteiger partial charge in [-0.3, -0.25) is 0 Å². The summed E-state index contributed by atoms with van der Waals surface area (Å²) in [5.41, 5.74) is 1.39. The third kappa shape index (κ3) is 4.25. The predicted molar refractivity (Wildman–Crippen MR) is 120 cm³/mol. The second-order valence-corrected chi connectivity index (χ2v) is 7.73. The standard InChI is InChI=1S/C23H22F3N3O2S/c1-30-17-8-9-20(31-2)18(14-17)21-19-7-4-10-28(19)11-12-29(21)22(32)27-16-6-3-5-15(13-16)23(24,25)26/h3-10,13-14,21H,11-12H2,1-2H3,(H,27,32)/t21-/m1/s1. The highest BCUT2D eigenvalue weighted by molar-refractivity contribution is 7.80. The smallest absolute Gasteiger partial charge is 0.416 e. The number of fused-ring (bicyclic) bond motifs is 1. The topological polar surface area (TPSA) is 38.7 Å². The number of thiocarbonyl (C=S) groups is 1. The maximum Gasteiger partial charge on any atom is 0.416 e. The Morgan fingerprint density at radius 3 is 2.56 bits per heavy atom. The van der Waals surface area contributed by atoms with Gasteiger partial charge in [0.05, 0.1) is 19.8 Å². The first-order valence-electron chi connectivity index (χ1n) is 9.93. The minimum absolute atomic E-state index is 0.280. The van der Waals surface area contributed by atoms with Gasteiger partial charge < -0.3 is 24.3 Å². The molecule has 168 valence electrons. The largest absolute Gasteiger partial charge is 0.497 e. The van der Waals surface area contributed by atoms with Gasteiger partial charge in [0.2, 0.25) is 0 Å². The average Bonchev–Trinajstić information content (AvgIpc) is 3.26. The maximum atomic E-state index is 13.1. The fraction of sp³-hybridized carbons (Fsp3) is 0.261. The molecule has 0 radical (unpaired) electrons. The number of halogens is 3. The summed E-state index contributed by atoms with van der Waals surface area (Å²) >= 11 is 5.67. The van der Waals surface area contributed by atoms with Crippen LogP contribution in [0.1, 0.15) is 22.9 Å². The number of aromatic nitrogens is 1. The van der Waals surface area contributed by atoms with E-state index in [1.165, 1.54) is 6.07 Å². The van der Waals surface area contributed by atoms with Gasteiger partial charge in [0.25, 0.3) is 0 Å². The molecule has 32 heavy (non-hydrogen) atoms. The normalized spacial score (nSPS) is 15.8. The van der Waals surface area contributed by atoms with E-state index in [1.807, 2.05) is 41.4 Å². The lowest BCUT2D eigenvalue weighted by Crippen LogP contribution is -2.44. The number of rotatable bonds is 4. The molecule has 4 rings (SSSR count). The van der Waals surface area contributed by atoms with E-state index in [2.05, 4.69) is 9.88 Å². The zero-order chi connectivity index (χ0) is 22.9. The highest BCUT2D eigenvalue weighted by Gasteiger charge is 2.34. The molecule has 1 N–H and O–H groups in total. The molecule has 1 aliphatic rings. The number of nitrogens with zero attached hydrogens (tertiary/aromatic N) is 2. The average molecular weight is 462 g/mol. The molecule has 0 saturated carbocycles. The van der Waals surface area contributed by atoms with Crippen molar-refractivity contribution in [2.75, 3.05) is 26.1 Å². The van der Waals surface area contributed by atoms with E-state index in [1.54, 1.807) is 20.3 Å². The fourth-order valence-corrected chi connectivity index (χ4v) is 4.27. The summed E-state index contributed by atoms with van der Waals surface area (Å²) in [7, 11) is 3.18. The van der Waals surface area contributed by atoms with Crippen LogP contribution in [0, 0.1) is 0 Å². The van der Waals surface area contributed by atoms with Gasteiger partial charge in [-0.2, -0.15) is 13.2 Å². The monoisotopic (exact) mass is 461 g/mol. The third-order valence-electron chi connectivity index (χ3n) is 5.47. The third-order valence-corrected chi connectivity index (χ3v) is 5.81. The summed E-state index contributed by atoms with van der Waals surface area (Å²) in [6.07, 6.45) is -2.43. The molecule has 0 spiro atoms. The second-order valence-electron chi connectivity index (χ2n) is 7.34. The Balaban J connectivity index is 1.71. The molecular weight excluding hydrogens is 439 g/mol. The summed E-state index contributed by atoms with van der Waals surface area (Å²) in [5, 5.41) is 3.31. The highest BCUT2D eigenvalue weighted by Crippen LogP contribution is 2.39. The summed E-state index contributed by atoms with van der Waals surface area (Å²) < 4.78 is 52.5. The van der Waals surface area contributed by atoms with Crippen LogP contribution in [-0.4, -0.2) is 35.3 Å². The Kier molecular flexibility index (Phi) is 6.01. The van der Waals surface area contributed by atoms with Crippen molar-refractivity contribution < 1.29 is 22.6 Å². The van der Waals surface area contributed by atoms with Crippen molar-refractivity contribution in [3.8, 4) is 11.5 Å². The first-order valence-corrected chi connectivity index (χ1v) is 10.3. The SMILES string of the molecule is COc1ccc(OC)c([C@@H]2c3cccn3CCN2C(=S)Nc2cccc(C(F)(F)F)c2)c1.